The van der Waals surface area contributed by atoms with Crippen LogP contribution in [0.2, 0.25) is 5.02 Å². The van der Waals surface area contributed by atoms with E-state index in [2.05, 4.69) is 32.0 Å². The number of nitrogens with one attached hydrogen (secondary N) is 1. The molecule has 2 saturated heterocycles. The van der Waals surface area contributed by atoms with Crippen molar-refractivity contribution in [1.82, 2.24) is 24.7 Å². The molecule has 0 unspecified atom stereocenters. The maximum absolute atomic E-state index is 12.7. The molecule has 2 aromatic heterocycles. The highest BCUT2D eigenvalue weighted by Gasteiger charge is 2.26. The first kappa shape index (κ1) is 23.1. The number of likely N-dealkylation sites (tertiary alicyclic amines) is 1. The number of amides is 2. The van der Waals surface area contributed by atoms with E-state index >= 15 is 0 Å². The second kappa shape index (κ2) is 10.8. The molecule has 2 amide bonds. The minimum atomic E-state index is 0.0632. The van der Waals surface area contributed by atoms with Crippen molar-refractivity contribution in [1.29, 1.82) is 0 Å². The second-order valence-electron chi connectivity index (χ2n) is 9.12. The standard InChI is InChI=1S/C26H32ClN5O2/c27-21-2-4-22(5-3-21)32-19-24(23-6-10-28-18-25(23)32)20-7-12-31(13-8-20)26(33)29-9-1-11-30-14-16-34-17-15-30/h2-6,10,18-20H,1,7-9,11-17H2,(H,29,33). The number of morpholine rings is 1. The van der Waals surface area contributed by atoms with Crippen LogP contribution >= 0.6 is 11.6 Å². The van der Waals surface area contributed by atoms with Gasteiger partial charge in [0.05, 0.1) is 24.9 Å². The van der Waals surface area contributed by atoms with Crippen LogP contribution in [0.15, 0.2) is 48.9 Å². The number of hydrogen-bond donors (Lipinski definition) is 1. The van der Waals surface area contributed by atoms with Gasteiger partial charge in [0.2, 0.25) is 0 Å². The third-order valence-corrected chi connectivity index (χ3v) is 7.25. The summed E-state index contributed by atoms with van der Waals surface area (Å²) in [5.74, 6) is 0.420. The van der Waals surface area contributed by atoms with Gasteiger partial charge < -0.3 is 19.5 Å². The van der Waals surface area contributed by atoms with Crippen molar-refractivity contribution in [3.8, 4) is 5.69 Å². The Morgan fingerprint density at radius 2 is 1.85 bits per heavy atom. The summed E-state index contributed by atoms with van der Waals surface area (Å²) in [5, 5.41) is 5.07. The molecule has 4 heterocycles. The normalized spacial score (nSPS) is 17.9. The Hall–Kier alpha value is -2.61. The van der Waals surface area contributed by atoms with Crippen molar-refractivity contribution in [2.75, 3.05) is 52.5 Å². The monoisotopic (exact) mass is 481 g/mol. The number of aromatic nitrogens is 2. The molecule has 8 heteroatoms. The number of urea groups is 1. The number of nitrogens with zero attached hydrogens (tertiary/aromatic N) is 4. The van der Waals surface area contributed by atoms with Crippen LogP contribution in [0.4, 0.5) is 4.79 Å². The fourth-order valence-electron chi connectivity index (χ4n) is 5.07. The van der Waals surface area contributed by atoms with Crippen LogP contribution in [-0.2, 0) is 4.74 Å². The summed E-state index contributed by atoms with van der Waals surface area (Å²) in [6.07, 6.45) is 8.92. The van der Waals surface area contributed by atoms with Crippen molar-refractivity contribution in [3.63, 3.8) is 0 Å². The SMILES string of the molecule is O=C(NCCCN1CCOCC1)N1CCC(c2cn(-c3ccc(Cl)cc3)c3cnccc23)CC1. The van der Waals surface area contributed by atoms with Crippen LogP contribution in [0, 0.1) is 0 Å². The van der Waals surface area contributed by atoms with E-state index in [-0.39, 0.29) is 6.03 Å². The molecule has 0 radical (unpaired) electrons. The number of ether oxygens (including phenoxy) is 1. The average Bonchev–Trinajstić information content (AvgIpc) is 3.27. The number of halogens is 1. The Morgan fingerprint density at radius 3 is 2.62 bits per heavy atom. The van der Waals surface area contributed by atoms with E-state index in [1.165, 1.54) is 10.9 Å². The van der Waals surface area contributed by atoms with Gasteiger partial charge in [0.15, 0.2) is 0 Å². The van der Waals surface area contributed by atoms with Gasteiger partial charge in [-0.05, 0) is 67.6 Å². The van der Waals surface area contributed by atoms with Gasteiger partial charge in [0.1, 0.15) is 0 Å². The van der Waals surface area contributed by atoms with Gasteiger partial charge in [-0.2, -0.15) is 0 Å². The number of carbonyl (C=O) groups excluding carboxylic acids is 1. The number of rotatable bonds is 6. The molecule has 1 N–H and O–H groups in total. The summed E-state index contributed by atoms with van der Waals surface area (Å²) < 4.78 is 7.58. The maximum Gasteiger partial charge on any atom is 0.317 e. The van der Waals surface area contributed by atoms with Gasteiger partial charge in [-0.25, -0.2) is 4.79 Å². The fraction of sp³-hybridized carbons (Fsp3) is 0.462. The first-order valence-electron chi connectivity index (χ1n) is 12.2. The molecule has 0 bridgehead atoms. The number of hydrogen-bond acceptors (Lipinski definition) is 4. The molecule has 2 fully saturated rings. The Bertz CT molecular complexity index is 1100. The van der Waals surface area contributed by atoms with Crippen LogP contribution in [0.1, 0.15) is 30.7 Å². The molecule has 3 aromatic rings. The molecule has 0 aliphatic carbocycles. The minimum Gasteiger partial charge on any atom is -0.379 e. The van der Waals surface area contributed by atoms with Gasteiger partial charge in [0.25, 0.3) is 0 Å². The molecule has 2 aliphatic heterocycles. The summed E-state index contributed by atoms with van der Waals surface area (Å²) in [6, 6.07) is 10.1. The number of piperidine rings is 1. The number of fused-ring (bicyclic) bond motifs is 1. The fourth-order valence-corrected chi connectivity index (χ4v) is 5.20. The van der Waals surface area contributed by atoms with E-state index in [4.69, 9.17) is 16.3 Å². The predicted molar refractivity (Wildman–Crippen MR) is 135 cm³/mol. The summed E-state index contributed by atoms with van der Waals surface area (Å²) in [4.78, 5) is 21.4. The minimum absolute atomic E-state index is 0.0632. The Kier molecular flexibility index (Phi) is 7.33. The molecular formula is C26H32ClN5O2. The molecule has 0 spiro atoms. The molecule has 2 aliphatic rings. The quantitative estimate of drug-likeness (QED) is 0.533. The van der Waals surface area contributed by atoms with Gasteiger partial charge in [-0.1, -0.05) is 11.6 Å². The molecule has 5 rings (SSSR count). The summed E-state index contributed by atoms with van der Waals surface area (Å²) >= 11 is 6.09. The van der Waals surface area contributed by atoms with Crippen molar-refractivity contribution >= 4 is 28.5 Å². The van der Waals surface area contributed by atoms with Crippen LogP contribution in [0.5, 0.6) is 0 Å². The number of pyridine rings is 1. The van der Waals surface area contributed by atoms with Gasteiger partial charge in [-0.3, -0.25) is 9.88 Å². The molecule has 0 saturated carbocycles. The molecule has 180 valence electrons. The van der Waals surface area contributed by atoms with Crippen molar-refractivity contribution in [3.05, 3.63) is 59.5 Å². The lowest BCUT2D eigenvalue weighted by Gasteiger charge is -2.32. The zero-order chi connectivity index (χ0) is 23.3. The van der Waals surface area contributed by atoms with Crippen molar-refractivity contribution in [2.24, 2.45) is 0 Å². The summed E-state index contributed by atoms with van der Waals surface area (Å²) in [6.45, 7) is 6.90. The molecule has 0 atom stereocenters. The second-order valence-corrected chi connectivity index (χ2v) is 9.56. The topological polar surface area (TPSA) is 62.6 Å². The Balaban J connectivity index is 1.18. The van der Waals surface area contributed by atoms with E-state index in [1.807, 2.05) is 41.6 Å². The van der Waals surface area contributed by atoms with Crippen LogP contribution in [-0.4, -0.2) is 77.9 Å². The van der Waals surface area contributed by atoms with Gasteiger partial charge in [-0.15, -0.1) is 0 Å². The average molecular weight is 482 g/mol. The highest BCUT2D eigenvalue weighted by molar-refractivity contribution is 6.30. The first-order valence-corrected chi connectivity index (χ1v) is 12.6. The van der Waals surface area contributed by atoms with Crippen LogP contribution in [0.25, 0.3) is 16.6 Å². The zero-order valence-electron chi connectivity index (χ0n) is 19.5. The molecule has 34 heavy (non-hydrogen) atoms. The van der Waals surface area contributed by atoms with Crippen molar-refractivity contribution in [2.45, 2.75) is 25.2 Å². The van der Waals surface area contributed by atoms with Crippen molar-refractivity contribution < 1.29 is 9.53 Å². The van der Waals surface area contributed by atoms with E-state index < -0.39 is 0 Å². The van der Waals surface area contributed by atoms with E-state index in [0.717, 1.165) is 88.0 Å². The third kappa shape index (κ3) is 5.22. The van der Waals surface area contributed by atoms with Crippen LogP contribution in [0.3, 0.4) is 0 Å². The lowest BCUT2D eigenvalue weighted by molar-refractivity contribution is 0.0375. The van der Waals surface area contributed by atoms with Gasteiger partial charge >= 0.3 is 6.03 Å². The predicted octanol–water partition coefficient (Wildman–Crippen LogP) is 4.29. The van der Waals surface area contributed by atoms with E-state index in [0.29, 0.717) is 5.92 Å². The lowest BCUT2D eigenvalue weighted by Crippen LogP contribution is -2.45. The maximum atomic E-state index is 12.7. The van der Waals surface area contributed by atoms with E-state index in [1.54, 1.807) is 0 Å². The largest absolute Gasteiger partial charge is 0.379 e. The molecule has 1 aromatic carbocycles. The molecule has 7 nitrogen and oxygen atoms in total. The Morgan fingerprint density at radius 1 is 1.09 bits per heavy atom. The van der Waals surface area contributed by atoms with Crippen LogP contribution < -0.4 is 5.32 Å². The lowest BCUT2D eigenvalue weighted by atomic mass is 9.89. The highest BCUT2D eigenvalue weighted by Crippen LogP contribution is 2.35. The summed E-state index contributed by atoms with van der Waals surface area (Å²) in [7, 11) is 0. The summed E-state index contributed by atoms with van der Waals surface area (Å²) in [5.41, 5.74) is 3.50. The molecular weight excluding hydrogens is 450 g/mol. The van der Waals surface area contributed by atoms with Gasteiger partial charge in [0, 0.05) is 61.2 Å². The Labute approximate surface area is 205 Å². The smallest absolute Gasteiger partial charge is 0.317 e. The first-order chi connectivity index (χ1) is 16.7. The highest BCUT2D eigenvalue weighted by atomic mass is 35.5. The third-order valence-electron chi connectivity index (χ3n) is 7.00. The zero-order valence-corrected chi connectivity index (χ0v) is 20.2. The van der Waals surface area contributed by atoms with E-state index in [9.17, 15) is 4.79 Å². The number of carbonyl (C=O) groups is 1. The number of benzene rings is 1.